The molecule has 1 saturated carbocycles. The lowest BCUT2D eigenvalue weighted by Crippen LogP contribution is -2.53. The maximum atomic E-state index is 13.7. The molecule has 1 aromatic carbocycles. The zero-order valence-corrected chi connectivity index (χ0v) is 16.4. The quantitative estimate of drug-likeness (QED) is 0.784. The van der Waals surface area contributed by atoms with Crippen molar-refractivity contribution in [2.24, 2.45) is 11.8 Å². The van der Waals surface area contributed by atoms with Crippen LogP contribution >= 0.6 is 0 Å². The van der Waals surface area contributed by atoms with Gasteiger partial charge >= 0.3 is 0 Å². The van der Waals surface area contributed by atoms with E-state index >= 15 is 0 Å². The third kappa shape index (κ3) is 1.70. The highest BCUT2D eigenvalue weighted by molar-refractivity contribution is 6.07. The predicted molar refractivity (Wildman–Crippen MR) is 100 cm³/mol. The molecule has 1 unspecified atom stereocenters. The van der Waals surface area contributed by atoms with E-state index in [1.165, 1.54) is 12.2 Å². The van der Waals surface area contributed by atoms with Gasteiger partial charge in [0.15, 0.2) is 0 Å². The third-order valence-electron chi connectivity index (χ3n) is 8.32. The lowest BCUT2D eigenvalue weighted by atomic mass is 9.70. The van der Waals surface area contributed by atoms with Gasteiger partial charge in [-0.1, -0.05) is 6.07 Å². The van der Waals surface area contributed by atoms with E-state index in [-0.39, 0.29) is 29.7 Å². The van der Waals surface area contributed by atoms with Crippen molar-refractivity contribution in [3.63, 3.8) is 0 Å². The average Bonchev–Trinajstić information content (AvgIpc) is 3.39. The fraction of sp³-hybridized carbons (Fsp3) is 0.667. The second kappa shape index (κ2) is 5.27. The number of carbonyl (C=O) groups is 1. The standard InChI is InChI=1S/C21H26N2O5/c1-11(24)21-10-22(21)17-8-20(18-7-15(21)13(17)9-28-18)14-5-4-12(26-2)6-16(14)23(27-3)19(20)25/h4-6,11,13,15,17-18,24H,7-10H2,1-3H3/t11-,13+,15-,17+,18-,20+,21-,22?/m1/s1. The van der Waals surface area contributed by atoms with Crippen LogP contribution in [0.1, 0.15) is 25.3 Å². The Bertz CT molecular complexity index is 874. The molecule has 6 aliphatic rings. The molecule has 7 rings (SSSR count). The number of anilines is 1. The van der Waals surface area contributed by atoms with Gasteiger partial charge in [0.1, 0.15) is 11.2 Å². The number of ether oxygens (including phenoxy) is 2. The molecule has 1 spiro atoms. The molecule has 4 bridgehead atoms. The number of carbonyl (C=O) groups excluding carboxylic acids is 1. The van der Waals surface area contributed by atoms with E-state index in [2.05, 4.69) is 4.90 Å². The molecule has 5 heterocycles. The summed E-state index contributed by atoms with van der Waals surface area (Å²) in [4.78, 5) is 21.7. The lowest BCUT2D eigenvalue weighted by Gasteiger charge is -2.41. The molecule has 150 valence electrons. The number of methoxy groups -OCH3 is 1. The van der Waals surface area contributed by atoms with Gasteiger partial charge in [0.05, 0.1) is 44.3 Å². The third-order valence-corrected chi connectivity index (χ3v) is 8.32. The molecular weight excluding hydrogens is 360 g/mol. The Hall–Kier alpha value is -1.67. The van der Waals surface area contributed by atoms with Crippen LogP contribution < -0.4 is 9.80 Å². The van der Waals surface area contributed by atoms with Crippen molar-refractivity contribution in [2.75, 3.05) is 32.4 Å². The molecule has 5 fully saturated rings. The topological polar surface area (TPSA) is 71.2 Å². The van der Waals surface area contributed by atoms with Crippen molar-refractivity contribution in [1.82, 2.24) is 4.90 Å². The normalized spacial score (nSPS) is 45.8. The first-order chi connectivity index (χ1) is 13.5. The number of amides is 1. The lowest BCUT2D eigenvalue weighted by molar-refractivity contribution is -0.139. The van der Waals surface area contributed by atoms with E-state index in [9.17, 15) is 9.90 Å². The van der Waals surface area contributed by atoms with Crippen molar-refractivity contribution in [3.05, 3.63) is 23.8 Å². The summed E-state index contributed by atoms with van der Waals surface area (Å²) in [7, 11) is 3.15. The largest absolute Gasteiger partial charge is 0.497 e. The smallest absolute Gasteiger partial charge is 0.264 e. The Morgan fingerprint density at radius 2 is 2.18 bits per heavy atom. The van der Waals surface area contributed by atoms with Crippen LogP contribution in [0.5, 0.6) is 5.75 Å². The number of aliphatic hydroxyl groups is 1. The molecule has 4 saturated heterocycles. The van der Waals surface area contributed by atoms with Gasteiger partial charge in [0.2, 0.25) is 0 Å². The Labute approximate surface area is 164 Å². The first kappa shape index (κ1) is 17.2. The Kier molecular flexibility index (Phi) is 3.24. The molecule has 7 heteroatoms. The fourth-order valence-electron chi connectivity index (χ4n) is 7.02. The van der Waals surface area contributed by atoms with Gasteiger partial charge in [-0.2, -0.15) is 5.06 Å². The molecule has 8 atom stereocenters. The summed E-state index contributed by atoms with van der Waals surface area (Å²) in [5.41, 5.74) is 0.885. The molecule has 0 aromatic heterocycles. The summed E-state index contributed by atoms with van der Waals surface area (Å²) >= 11 is 0. The monoisotopic (exact) mass is 386 g/mol. The van der Waals surface area contributed by atoms with Gasteiger partial charge in [0.25, 0.3) is 5.91 Å². The summed E-state index contributed by atoms with van der Waals surface area (Å²) < 4.78 is 11.7. The highest BCUT2D eigenvalue weighted by atomic mass is 16.7. The fourth-order valence-corrected chi connectivity index (χ4v) is 7.02. The van der Waals surface area contributed by atoms with Crippen molar-refractivity contribution >= 4 is 11.6 Å². The van der Waals surface area contributed by atoms with Crippen LogP contribution in [0.2, 0.25) is 0 Å². The molecule has 5 aliphatic heterocycles. The summed E-state index contributed by atoms with van der Waals surface area (Å²) in [5, 5.41) is 11.9. The molecule has 1 amide bonds. The van der Waals surface area contributed by atoms with E-state index in [1.807, 2.05) is 25.1 Å². The highest BCUT2D eigenvalue weighted by Crippen LogP contribution is 2.66. The minimum absolute atomic E-state index is 0.0408. The van der Waals surface area contributed by atoms with Crippen LogP contribution in [0.15, 0.2) is 18.2 Å². The second-order valence-corrected chi connectivity index (χ2v) is 9.03. The van der Waals surface area contributed by atoms with Gasteiger partial charge in [-0.05, 0) is 37.3 Å². The van der Waals surface area contributed by atoms with Crippen molar-refractivity contribution < 1.29 is 24.2 Å². The number of benzene rings is 1. The van der Waals surface area contributed by atoms with Crippen molar-refractivity contribution in [3.8, 4) is 5.75 Å². The van der Waals surface area contributed by atoms with E-state index in [0.717, 1.165) is 24.2 Å². The molecule has 1 aliphatic carbocycles. The van der Waals surface area contributed by atoms with E-state index < -0.39 is 5.41 Å². The molecule has 1 aromatic rings. The Morgan fingerprint density at radius 1 is 1.36 bits per heavy atom. The summed E-state index contributed by atoms with van der Waals surface area (Å²) in [6.45, 7) is 3.51. The van der Waals surface area contributed by atoms with Crippen LogP contribution in [0, 0.1) is 11.8 Å². The summed E-state index contributed by atoms with van der Waals surface area (Å²) in [5.74, 6) is 1.41. The number of piperidine rings is 1. The molecular formula is C21H26N2O5. The van der Waals surface area contributed by atoms with Crippen LogP contribution in [-0.2, 0) is 19.8 Å². The minimum atomic E-state index is -0.737. The van der Waals surface area contributed by atoms with Crippen molar-refractivity contribution in [2.45, 2.75) is 49.0 Å². The predicted octanol–water partition coefficient (Wildman–Crippen LogP) is 1.08. The number of aliphatic hydroxyl groups excluding tert-OH is 1. The maximum absolute atomic E-state index is 13.7. The first-order valence-electron chi connectivity index (χ1n) is 10.1. The van der Waals surface area contributed by atoms with Gasteiger partial charge in [0, 0.05) is 24.6 Å². The molecule has 0 radical (unpaired) electrons. The zero-order valence-electron chi connectivity index (χ0n) is 16.4. The second-order valence-electron chi connectivity index (χ2n) is 9.03. The maximum Gasteiger partial charge on any atom is 0.264 e. The number of hydrogen-bond acceptors (Lipinski definition) is 6. The van der Waals surface area contributed by atoms with E-state index in [4.69, 9.17) is 14.3 Å². The van der Waals surface area contributed by atoms with Gasteiger partial charge in [-0.25, -0.2) is 0 Å². The average molecular weight is 386 g/mol. The number of hydrogen-bond donors (Lipinski definition) is 1. The molecule has 28 heavy (non-hydrogen) atoms. The Balaban J connectivity index is 1.50. The Morgan fingerprint density at radius 3 is 2.89 bits per heavy atom. The van der Waals surface area contributed by atoms with Crippen LogP contribution in [0.3, 0.4) is 0 Å². The van der Waals surface area contributed by atoms with Gasteiger partial charge < -0.3 is 14.6 Å². The number of fused-ring (bicyclic) bond motifs is 3. The first-order valence-corrected chi connectivity index (χ1v) is 10.1. The molecule has 7 nitrogen and oxygen atoms in total. The van der Waals surface area contributed by atoms with Crippen LogP contribution in [-0.4, -0.2) is 67.1 Å². The SMILES string of the molecule is COc1ccc2c(c1)N(OC)C(=O)[C@@]21C[C@H]2[C@H]3CO[C@@H]1C[C@H]3[C@]1([C@@H](C)O)CN21. The molecule has 1 N–H and O–H groups in total. The van der Waals surface area contributed by atoms with Crippen LogP contribution in [0.4, 0.5) is 5.69 Å². The number of hydroxylamine groups is 1. The number of rotatable bonds is 3. The summed E-state index contributed by atoms with van der Waals surface area (Å²) in [6.07, 6.45) is 0.962. The van der Waals surface area contributed by atoms with Crippen molar-refractivity contribution in [1.29, 1.82) is 0 Å². The van der Waals surface area contributed by atoms with E-state index in [0.29, 0.717) is 30.6 Å². The number of nitrogens with zero attached hydrogens (tertiary/aromatic N) is 2. The highest BCUT2D eigenvalue weighted by Gasteiger charge is 2.77. The van der Waals surface area contributed by atoms with Crippen LogP contribution in [0.25, 0.3) is 0 Å². The summed E-state index contributed by atoms with van der Waals surface area (Å²) in [6, 6.07) is 6.05. The van der Waals surface area contributed by atoms with E-state index in [1.54, 1.807) is 7.11 Å². The minimum Gasteiger partial charge on any atom is -0.497 e. The van der Waals surface area contributed by atoms with Gasteiger partial charge in [-0.3, -0.25) is 14.5 Å². The zero-order chi connectivity index (χ0) is 19.4. The van der Waals surface area contributed by atoms with Gasteiger partial charge in [-0.15, -0.1) is 0 Å².